The number of nitrogens with zero attached hydrogens (tertiary/aromatic N) is 2. The van der Waals surface area contributed by atoms with E-state index in [-0.39, 0.29) is 17.2 Å². The smallest absolute Gasteiger partial charge is 0.356 e. The maximum absolute atomic E-state index is 11.9. The van der Waals surface area contributed by atoms with Crippen LogP contribution < -0.4 is 10.7 Å². The number of nitrogens with one attached hydrogen (secondary N) is 2. The van der Waals surface area contributed by atoms with Crippen molar-refractivity contribution < 1.29 is 19.5 Å². The molecular weight excluding hydrogens is 312 g/mol. The molecule has 0 aliphatic rings. The lowest BCUT2D eigenvalue weighted by molar-refractivity contribution is -0.129. The Labute approximate surface area is 137 Å². The number of benzene rings is 1. The molecule has 0 spiro atoms. The first-order valence-corrected chi connectivity index (χ1v) is 6.86. The zero-order valence-corrected chi connectivity index (χ0v) is 12.7. The van der Waals surface area contributed by atoms with Crippen molar-refractivity contribution in [1.82, 2.24) is 10.4 Å². The summed E-state index contributed by atoms with van der Waals surface area (Å²) < 4.78 is 0. The minimum absolute atomic E-state index is 0.240. The van der Waals surface area contributed by atoms with Crippen molar-refractivity contribution in [2.45, 2.75) is 6.92 Å². The minimum atomic E-state index is -1.31. The number of anilines is 1. The molecule has 1 aromatic heterocycles. The van der Waals surface area contributed by atoms with E-state index in [1.54, 1.807) is 12.1 Å². The van der Waals surface area contributed by atoms with Gasteiger partial charge in [0.2, 0.25) is 5.91 Å². The van der Waals surface area contributed by atoms with Gasteiger partial charge in [0.15, 0.2) is 5.71 Å². The summed E-state index contributed by atoms with van der Waals surface area (Å²) in [5, 5.41) is 15.5. The molecule has 0 aliphatic carbocycles. The van der Waals surface area contributed by atoms with E-state index in [1.165, 1.54) is 43.6 Å². The minimum Gasteiger partial charge on any atom is -0.476 e. The monoisotopic (exact) mass is 326 g/mol. The number of carboxylic acids is 1. The molecule has 0 saturated carbocycles. The average molecular weight is 326 g/mol. The number of hydrazone groups is 1. The first-order valence-electron chi connectivity index (χ1n) is 6.86. The standard InChI is InChI=1S/C16H14N4O4/c1-10(21)18-13-4-2-3-12(9-13)14(16(23)24)19-20-15(22)11-5-7-17-8-6-11/h2-9H,1H3,(H,18,21)(H,20,22)(H,23,24)/b19-14+. The van der Waals surface area contributed by atoms with Crippen molar-refractivity contribution in [2.75, 3.05) is 5.32 Å². The van der Waals surface area contributed by atoms with Crippen LogP contribution in [0.2, 0.25) is 0 Å². The Balaban J connectivity index is 2.24. The highest BCUT2D eigenvalue weighted by atomic mass is 16.4. The fourth-order valence-corrected chi connectivity index (χ4v) is 1.86. The van der Waals surface area contributed by atoms with Gasteiger partial charge in [0.05, 0.1) is 0 Å². The average Bonchev–Trinajstić information content (AvgIpc) is 2.55. The third-order valence-corrected chi connectivity index (χ3v) is 2.87. The number of rotatable bonds is 5. The van der Waals surface area contributed by atoms with Gasteiger partial charge in [-0.1, -0.05) is 12.1 Å². The third-order valence-electron chi connectivity index (χ3n) is 2.87. The van der Waals surface area contributed by atoms with E-state index >= 15 is 0 Å². The largest absolute Gasteiger partial charge is 0.476 e. The number of pyridine rings is 1. The number of aliphatic carboxylic acids is 1. The maximum Gasteiger partial charge on any atom is 0.356 e. The van der Waals surface area contributed by atoms with Gasteiger partial charge in [0.1, 0.15) is 0 Å². The van der Waals surface area contributed by atoms with Crippen molar-refractivity contribution in [2.24, 2.45) is 5.10 Å². The molecule has 8 heteroatoms. The molecule has 24 heavy (non-hydrogen) atoms. The number of carbonyl (C=O) groups is 3. The summed E-state index contributed by atoms with van der Waals surface area (Å²) in [4.78, 5) is 38.2. The molecule has 8 nitrogen and oxygen atoms in total. The Morgan fingerprint density at radius 2 is 1.79 bits per heavy atom. The van der Waals surface area contributed by atoms with E-state index in [2.05, 4.69) is 20.8 Å². The highest BCUT2D eigenvalue weighted by molar-refractivity contribution is 6.42. The molecular formula is C16H14N4O4. The van der Waals surface area contributed by atoms with Crippen molar-refractivity contribution in [3.63, 3.8) is 0 Å². The molecule has 0 atom stereocenters. The molecule has 0 radical (unpaired) electrons. The number of carboxylic acid groups (broad SMARTS) is 1. The Morgan fingerprint density at radius 1 is 1.08 bits per heavy atom. The van der Waals surface area contributed by atoms with Crippen LogP contribution >= 0.6 is 0 Å². The summed E-state index contributed by atoms with van der Waals surface area (Å²) in [7, 11) is 0. The van der Waals surface area contributed by atoms with Crippen LogP contribution in [0.4, 0.5) is 5.69 Å². The van der Waals surface area contributed by atoms with Crippen LogP contribution in [0.15, 0.2) is 53.9 Å². The van der Waals surface area contributed by atoms with Crippen LogP contribution in [0.1, 0.15) is 22.8 Å². The van der Waals surface area contributed by atoms with E-state index in [1.807, 2.05) is 0 Å². The summed E-state index contributed by atoms with van der Waals surface area (Å²) >= 11 is 0. The van der Waals surface area contributed by atoms with Crippen molar-refractivity contribution in [1.29, 1.82) is 0 Å². The van der Waals surface area contributed by atoms with Crippen LogP contribution in [0, 0.1) is 0 Å². The van der Waals surface area contributed by atoms with E-state index in [0.29, 0.717) is 11.3 Å². The first kappa shape index (κ1) is 16.8. The highest BCUT2D eigenvalue weighted by Crippen LogP contribution is 2.12. The van der Waals surface area contributed by atoms with Gasteiger partial charge in [-0.3, -0.25) is 14.6 Å². The van der Waals surface area contributed by atoms with Crippen LogP contribution in [0.25, 0.3) is 0 Å². The Bertz CT molecular complexity index is 803. The van der Waals surface area contributed by atoms with Gasteiger partial charge in [-0.15, -0.1) is 0 Å². The highest BCUT2D eigenvalue weighted by Gasteiger charge is 2.14. The SMILES string of the molecule is CC(=O)Nc1cccc(/C(=N\NC(=O)c2ccncc2)C(=O)O)c1. The molecule has 0 saturated heterocycles. The summed E-state index contributed by atoms with van der Waals surface area (Å²) in [6.07, 6.45) is 2.88. The Kier molecular flexibility index (Phi) is 5.35. The summed E-state index contributed by atoms with van der Waals surface area (Å²) in [5.74, 6) is -2.16. The second kappa shape index (κ2) is 7.63. The van der Waals surface area contributed by atoms with Gasteiger partial charge in [0.25, 0.3) is 5.91 Å². The van der Waals surface area contributed by atoms with Gasteiger partial charge in [0, 0.05) is 36.1 Å². The summed E-state index contributed by atoms with van der Waals surface area (Å²) in [6, 6.07) is 9.10. The molecule has 1 heterocycles. The van der Waals surface area contributed by atoms with E-state index in [4.69, 9.17) is 0 Å². The van der Waals surface area contributed by atoms with E-state index in [0.717, 1.165) is 0 Å². The molecule has 0 bridgehead atoms. The normalized spacial score (nSPS) is 10.8. The maximum atomic E-state index is 11.9. The molecule has 0 aliphatic heterocycles. The number of amides is 2. The van der Waals surface area contributed by atoms with E-state index in [9.17, 15) is 19.5 Å². The van der Waals surface area contributed by atoms with Gasteiger partial charge >= 0.3 is 5.97 Å². The van der Waals surface area contributed by atoms with Gasteiger partial charge in [-0.25, -0.2) is 10.2 Å². The lowest BCUT2D eigenvalue weighted by Gasteiger charge is -2.06. The molecule has 2 amide bonds. The fourth-order valence-electron chi connectivity index (χ4n) is 1.86. The summed E-state index contributed by atoms with van der Waals surface area (Å²) in [5.41, 5.74) is 2.80. The molecule has 2 aromatic rings. The molecule has 1 aromatic carbocycles. The zero-order valence-electron chi connectivity index (χ0n) is 12.7. The van der Waals surface area contributed by atoms with Crippen LogP contribution in [0.5, 0.6) is 0 Å². The number of aromatic nitrogens is 1. The topological polar surface area (TPSA) is 121 Å². The summed E-state index contributed by atoms with van der Waals surface area (Å²) in [6.45, 7) is 1.34. The van der Waals surface area contributed by atoms with Crippen molar-refractivity contribution in [3.05, 3.63) is 59.9 Å². The predicted octanol–water partition coefficient (Wildman–Crippen LogP) is 1.26. The van der Waals surface area contributed by atoms with Crippen LogP contribution in [-0.4, -0.2) is 33.6 Å². The molecule has 0 unspecified atom stereocenters. The number of hydrogen-bond donors (Lipinski definition) is 3. The van der Waals surface area contributed by atoms with Gasteiger partial charge < -0.3 is 10.4 Å². The number of hydrogen-bond acceptors (Lipinski definition) is 5. The quantitative estimate of drug-likeness (QED) is 0.564. The van der Waals surface area contributed by atoms with Crippen LogP contribution in [-0.2, 0) is 9.59 Å². The first-order chi connectivity index (χ1) is 11.5. The lowest BCUT2D eigenvalue weighted by atomic mass is 10.1. The van der Waals surface area contributed by atoms with Crippen molar-refractivity contribution in [3.8, 4) is 0 Å². The lowest BCUT2D eigenvalue weighted by Crippen LogP contribution is -2.24. The zero-order chi connectivity index (χ0) is 17.5. The molecule has 122 valence electrons. The van der Waals surface area contributed by atoms with Crippen LogP contribution in [0.3, 0.4) is 0 Å². The Hall–Kier alpha value is -3.55. The number of carbonyl (C=O) groups excluding carboxylic acids is 2. The molecule has 2 rings (SSSR count). The molecule has 0 fully saturated rings. The second-order valence-corrected chi connectivity index (χ2v) is 4.70. The van der Waals surface area contributed by atoms with E-state index < -0.39 is 11.9 Å². The predicted molar refractivity (Wildman–Crippen MR) is 86.6 cm³/mol. The molecule has 3 N–H and O–H groups in total. The Morgan fingerprint density at radius 3 is 2.42 bits per heavy atom. The van der Waals surface area contributed by atoms with Gasteiger partial charge in [-0.05, 0) is 24.3 Å². The van der Waals surface area contributed by atoms with Crippen molar-refractivity contribution >= 4 is 29.2 Å². The third kappa shape index (κ3) is 4.47. The van der Waals surface area contributed by atoms with Gasteiger partial charge in [-0.2, -0.15) is 5.10 Å². The second-order valence-electron chi connectivity index (χ2n) is 4.70. The fraction of sp³-hybridized carbons (Fsp3) is 0.0625.